The predicted molar refractivity (Wildman–Crippen MR) is 208 cm³/mol. The van der Waals surface area contributed by atoms with Gasteiger partial charge >= 0.3 is 0 Å². The van der Waals surface area contributed by atoms with Crippen molar-refractivity contribution in [2.24, 2.45) is 16.5 Å². The van der Waals surface area contributed by atoms with E-state index in [-0.39, 0.29) is 49.5 Å². The zero-order valence-corrected chi connectivity index (χ0v) is 32.5. The van der Waals surface area contributed by atoms with Crippen molar-refractivity contribution in [2.75, 3.05) is 20.6 Å². The summed E-state index contributed by atoms with van der Waals surface area (Å²) in [4.78, 5) is 73.5. The smallest absolute Gasteiger partial charge is 0.246 e. The number of nitrogens with zero attached hydrogens (tertiary/aromatic N) is 2. The molecular formula is C40H60N8O5. The van der Waals surface area contributed by atoms with Crippen LogP contribution < -0.4 is 32.7 Å². The topological polar surface area (TPSA) is 201 Å². The number of nitrogens with one attached hydrogen (secondary N) is 4. The van der Waals surface area contributed by atoms with E-state index >= 15 is 0 Å². The van der Waals surface area contributed by atoms with Crippen LogP contribution in [0.2, 0.25) is 0 Å². The Morgan fingerprint density at radius 3 is 2.09 bits per heavy atom. The Bertz CT molecular complexity index is 1590. The summed E-state index contributed by atoms with van der Waals surface area (Å²) in [5.41, 5.74) is 15.5. The maximum absolute atomic E-state index is 14.4. The number of hydrogen-bond acceptors (Lipinski definition) is 6. The maximum atomic E-state index is 14.4. The van der Waals surface area contributed by atoms with Gasteiger partial charge in [0.05, 0.1) is 0 Å². The molecule has 1 aliphatic rings. The number of aryl methyl sites for hydroxylation is 2. The molecule has 1 saturated carbocycles. The minimum absolute atomic E-state index is 0.0902. The minimum Gasteiger partial charge on any atom is -0.370 e. The highest BCUT2D eigenvalue weighted by molar-refractivity contribution is 5.97. The molecule has 8 N–H and O–H groups in total. The van der Waals surface area contributed by atoms with Crippen LogP contribution in [0.4, 0.5) is 0 Å². The van der Waals surface area contributed by atoms with E-state index in [0.29, 0.717) is 38.5 Å². The highest BCUT2D eigenvalue weighted by Crippen LogP contribution is 2.39. The zero-order valence-electron chi connectivity index (χ0n) is 32.5. The quantitative estimate of drug-likeness (QED) is 0.0816. The molecule has 13 nitrogen and oxygen atoms in total. The summed E-state index contributed by atoms with van der Waals surface area (Å²) >= 11 is 0. The molecule has 53 heavy (non-hydrogen) atoms. The van der Waals surface area contributed by atoms with Gasteiger partial charge in [0.2, 0.25) is 29.5 Å². The van der Waals surface area contributed by atoms with Crippen molar-refractivity contribution in [1.82, 2.24) is 26.2 Å². The van der Waals surface area contributed by atoms with Crippen molar-refractivity contribution in [1.29, 1.82) is 0 Å². The minimum atomic E-state index is -1.22. The summed E-state index contributed by atoms with van der Waals surface area (Å²) in [7, 11) is 3.03. The average molecular weight is 733 g/mol. The van der Waals surface area contributed by atoms with Crippen LogP contribution in [0.1, 0.15) is 98.9 Å². The number of hydrogen-bond donors (Lipinski definition) is 6. The van der Waals surface area contributed by atoms with E-state index in [1.807, 2.05) is 30.3 Å². The Labute approximate surface area is 314 Å². The van der Waals surface area contributed by atoms with Crippen LogP contribution in [-0.2, 0) is 30.4 Å². The van der Waals surface area contributed by atoms with Crippen LogP contribution >= 0.6 is 0 Å². The molecule has 3 rings (SSSR count). The van der Waals surface area contributed by atoms with Gasteiger partial charge in [-0.2, -0.15) is 0 Å². The number of amides is 5. The monoisotopic (exact) mass is 732 g/mol. The Hall–Kier alpha value is -4.94. The van der Waals surface area contributed by atoms with Crippen LogP contribution in [-0.4, -0.2) is 84.7 Å². The van der Waals surface area contributed by atoms with Crippen molar-refractivity contribution in [3.63, 3.8) is 0 Å². The second-order valence-electron chi connectivity index (χ2n) is 14.3. The van der Waals surface area contributed by atoms with Gasteiger partial charge in [-0.15, -0.1) is 0 Å². The Kier molecular flexibility index (Phi) is 15.8. The SMILES string of the molecule is CCC(=O)NC1(C(=O)N[C@H](Cc2ccccc2)C(=O)N[C@@H](CCCN=C(N)N)C(=O)N(C)[C@@H](CC)C(=O)NC)CCC(c2cc(C)c(C)c(C)c2)CC1. The molecule has 1 aliphatic carbocycles. The number of carbonyl (C=O) groups is 5. The van der Waals surface area contributed by atoms with Crippen LogP contribution in [0, 0.1) is 20.8 Å². The largest absolute Gasteiger partial charge is 0.370 e. The molecule has 5 amide bonds. The third-order valence-electron chi connectivity index (χ3n) is 10.6. The van der Waals surface area contributed by atoms with Gasteiger partial charge in [0.15, 0.2) is 5.96 Å². The number of guanidine groups is 1. The first-order chi connectivity index (χ1) is 25.2. The van der Waals surface area contributed by atoms with E-state index in [1.54, 1.807) is 13.8 Å². The fourth-order valence-corrected chi connectivity index (χ4v) is 7.10. The zero-order chi connectivity index (χ0) is 39.3. The molecule has 0 heterocycles. The molecule has 0 unspecified atom stereocenters. The Morgan fingerprint density at radius 2 is 1.55 bits per heavy atom. The van der Waals surface area contributed by atoms with Gasteiger partial charge in [0.25, 0.3) is 0 Å². The third kappa shape index (κ3) is 11.5. The van der Waals surface area contributed by atoms with Gasteiger partial charge in [-0.1, -0.05) is 56.3 Å². The lowest BCUT2D eigenvalue weighted by Gasteiger charge is -2.40. The fourth-order valence-electron chi connectivity index (χ4n) is 7.10. The van der Waals surface area contributed by atoms with Crippen molar-refractivity contribution < 1.29 is 24.0 Å². The van der Waals surface area contributed by atoms with Crippen molar-refractivity contribution in [3.05, 3.63) is 70.3 Å². The van der Waals surface area contributed by atoms with E-state index in [9.17, 15) is 24.0 Å². The normalized spacial score (nSPS) is 18.4. The number of benzene rings is 2. The van der Waals surface area contributed by atoms with E-state index in [4.69, 9.17) is 11.5 Å². The van der Waals surface area contributed by atoms with E-state index in [0.717, 1.165) is 5.56 Å². The molecule has 0 spiro atoms. The van der Waals surface area contributed by atoms with E-state index in [2.05, 4.69) is 59.2 Å². The highest BCUT2D eigenvalue weighted by Gasteiger charge is 2.44. The first kappa shape index (κ1) is 42.5. The number of rotatable bonds is 17. The van der Waals surface area contributed by atoms with Gasteiger partial charge in [0.1, 0.15) is 23.7 Å². The van der Waals surface area contributed by atoms with Gasteiger partial charge in [0, 0.05) is 33.5 Å². The predicted octanol–water partition coefficient (Wildman–Crippen LogP) is 2.78. The fraction of sp³-hybridized carbons (Fsp3) is 0.550. The first-order valence-electron chi connectivity index (χ1n) is 18.7. The lowest BCUT2D eigenvalue weighted by molar-refractivity contribution is -0.142. The summed E-state index contributed by atoms with van der Waals surface area (Å²) in [6, 6.07) is 10.8. The van der Waals surface area contributed by atoms with Crippen LogP contribution in [0.15, 0.2) is 47.5 Å². The van der Waals surface area contributed by atoms with Crippen molar-refractivity contribution in [2.45, 2.75) is 122 Å². The first-order valence-corrected chi connectivity index (χ1v) is 18.7. The molecule has 2 aromatic carbocycles. The third-order valence-corrected chi connectivity index (χ3v) is 10.6. The maximum Gasteiger partial charge on any atom is 0.246 e. The molecule has 0 radical (unpaired) electrons. The van der Waals surface area contributed by atoms with Crippen LogP contribution in [0.25, 0.3) is 0 Å². The molecular weight excluding hydrogens is 672 g/mol. The molecule has 0 bridgehead atoms. The lowest BCUT2D eigenvalue weighted by atomic mass is 9.72. The molecule has 1 fully saturated rings. The molecule has 0 aliphatic heterocycles. The number of likely N-dealkylation sites (N-methyl/N-ethyl adjacent to an activating group) is 2. The van der Waals surface area contributed by atoms with Gasteiger partial charge < -0.3 is 37.6 Å². The van der Waals surface area contributed by atoms with Crippen molar-refractivity contribution in [3.8, 4) is 0 Å². The molecule has 2 aromatic rings. The van der Waals surface area contributed by atoms with Crippen LogP contribution in [0.3, 0.4) is 0 Å². The van der Waals surface area contributed by atoms with Gasteiger partial charge in [-0.05, 0) is 99.5 Å². The highest BCUT2D eigenvalue weighted by atomic mass is 16.2. The molecule has 0 aromatic heterocycles. The molecule has 290 valence electrons. The Morgan fingerprint density at radius 1 is 0.925 bits per heavy atom. The van der Waals surface area contributed by atoms with Gasteiger partial charge in [-0.25, -0.2) is 0 Å². The summed E-state index contributed by atoms with van der Waals surface area (Å²) in [6.07, 6.45) is 3.40. The molecule has 3 atom stereocenters. The molecule has 13 heteroatoms. The van der Waals surface area contributed by atoms with Gasteiger partial charge in [-0.3, -0.25) is 29.0 Å². The summed E-state index contributed by atoms with van der Waals surface area (Å²) in [5, 5.41) is 11.5. The second-order valence-corrected chi connectivity index (χ2v) is 14.3. The molecule has 0 saturated heterocycles. The lowest BCUT2D eigenvalue weighted by Crippen LogP contribution is -2.64. The number of nitrogens with two attached hydrogens (primary N) is 2. The van der Waals surface area contributed by atoms with E-state index in [1.165, 1.54) is 41.2 Å². The average Bonchev–Trinajstić information content (AvgIpc) is 3.14. The van der Waals surface area contributed by atoms with Crippen LogP contribution in [0.5, 0.6) is 0 Å². The van der Waals surface area contributed by atoms with E-state index < -0.39 is 41.4 Å². The standard InChI is InChI=1S/C40H60N8O5/c1-8-33(36(51)43-6)48(7)37(52)31(16-13-21-44-39(41)42)45-35(50)32(24-28-14-11-10-12-15-28)46-38(53)40(47-34(49)9-2)19-17-29(18-20-40)30-22-25(3)27(5)26(4)23-30/h10-12,14-15,22-23,29,31-33H,8-9,13,16-21,24H2,1-7H3,(H,43,51)(H,45,50)(H,46,53)(H,47,49)(H4,41,42,44)/t29?,31-,32+,33-,40?/m0/s1. The summed E-state index contributed by atoms with van der Waals surface area (Å²) in [5.74, 6) is -1.92. The number of carbonyl (C=O) groups excluding carboxylic acids is 5. The Balaban J connectivity index is 1.93. The second kappa shape index (κ2) is 19.8. The number of aliphatic imine (C=N–C) groups is 1. The summed E-state index contributed by atoms with van der Waals surface area (Å²) < 4.78 is 0. The summed E-state index contributed by atoms with van der Waals surface area (Å²) in [6.45, 7) is 10.1. The van der Waals surface area contributed by atoms with Crippen molar-refractivity contribution >= 4 is 35.5 Å².